The van der Waals surface area contributed by atoms with Gasteiger partial charge in [0.25, 0.3) is 5.69 Å². The fourth-order valence-corrected chi connectivity index (χ4v) is 2.35. The van der Waals surface area contributed by atoms with Crippen molar-refractivity contribution in [2.45, 2.75) is 25.6 Å². The van der Waals surface area contributed by atoms with Crippen LogP contribution in [0, 0.1) is 10.1 Å². The first-order chi connectivity index (χ1) is 9.04. The molecule has 1 saturated carbocycles. The van der Waals surface area contributed by atoms with Crippen LogP contribution in [-0.4, -0.2) is 29.5 Å². The van der Waals surface area contributed by atoms with Crippen LogP contribution < -0.4 is 4.74 Å². The van der Waals surface area contributed by atoms with Gasteiger partial charge >= 0.3 is 0 Å². The topological polar surface area (TPSA) is 78.7 Å². The summed E-state index contributed by atoms with van der Waals surface area (Å²) in [5, 5.41) is 10.8. The Labute approximate surface area is 118 Å². The predicted molar refractivity (Wildman–Crippen MR) is 70.3 cm³/mol. The van der Waals surface area contributed by atoms with Crippen molar-refractivity contribution in [3.63, 3.8) is 0 Å². The van der Waals surface area contributed by atoms with Crippen molar-refractivity contribution in [2.24, 2.45) is 0 Å². The smallest absolute Gasteiger partial charge is 0.287 e. The summed E-state index contributed by atoms with van der Waals surface area (Å²) in [7, 11) is 0. The van der Waals surface area contributed by atoms with E-state index in [1.165, 1.54) is 12.1 Å². The minimum Gasteiger partial charge on any atom is -0.485 e. The molecule has 1 fully saturated rings. The molecule has 1 aromatic carbocycles. The van der Waals surface area contributed by atoms with Gasteiger partial charge in [-0.2, -0.15) is 0 Å². The molecule has 0 bridgehead atoms. The van der Waals surface area contributed by atoms with Gasteiger partial charge in [0.05, 0.1) is 4.92 Å². The number of Topliss-reactive ketones (excluding diaryl/α,β-unsaturated/α-hetero) is 1. The molecule has 6 nitrogen and oxygen atoms in total. The maximum absolute atomic E-state index is 11.4. The Hall–Kier alpha value is -1.47. The number of halogens is 1. The fourth-order valence-electron chi connectivity index (χ4n) is 1.85. The number of carbonyl (C=O) groups excluding carboxylic acids is 1. The van der Waals surface area contributed by atoms with Gasteiger partial charge in [-0.05, 0) is 28.9 Å². The second-order valence-electron chi connectivity index (χ2n) is 4.05. The van der Waals surface area contributed by atoms with Crippen LogP contribution in [0.15, 0.2) is 22.7 Å². The molecule has 0 aromatic heterocycles. The van der Waals surface area contributed by atoms with Crippen LogP contribution in [0.5, 0.6) is 5.75 Å². The Morgan fingerprint density at radius 1 is 1.53 bits per heavy atom. The molecule has 0 spiro atoms. The van der Waals surface area contributed by atoms with Gasteiger partial charge in [0.1, 0.15) is 16.3 Å². The zero-order valence-corrected chi connectivity index (χ0v) is 11.8. The molecule has 0 aliphatic heterocycles. The van der Waals surface area contributed by atoms with E-state index in [1.54, 1.807) is 13.0 Å². The van der Waals surface area contributed by atoms with Crippen molar-refractivity contribution >= 4 is 27.4 Å². The first kappa shape index (κ1) is 14.0. The van der Waals surface area contributed by atoms with E-state index in [2.05, 4.69) is 15.9 Å². The molecule has 0 radical (unpaired) electrons. The standard InChI is InChI=1S/C12H12BrNO5/c1-2-18-12-8(15)6-10(12)19-9-5-3-4-7(11(9)13)14(16)17/h3-5,10,12H,2,6H2,1H3. The van der Waals surface area contributed by atoms with Gasteiger partial charge in [0, 0.05) is 19.1 Å². The average molecular weight is 330 g/mol. The number of carbonyl (C=O) groups is 1. The van der Waals surface area contributed by atoms with E-state index in [4.69, 9.17) is 9.47 Å². The summed E-state index contributed by atoms with van der Waals surface area (Å²) in [6.45, 7) is 2.22. The predicted octanol–water partition coefficient (Wildman–Crippen LogP) is 2.48. The molecule has 2 atom stereocenters. The van der Waals surface area contributed by atoms with Crippen LogP contribution in [0.4, 0.5) is 5.69 Å². The minimum absolute atomic E-state index is 0.00611. The lowest BCUT2D eigenvalue weighted by molar-refractivity contribution is -0.385. The molecule has 19 heavy (non-hydrogen) atoms. The number of nitro benzene ring substituents is 1. The average Bonchev–Trinajstić information content (AvgIpc) is 2.37. The normalized spacial score (nSPS) is 21.9. The van der Waals surface area contributed by atoms with E-state index in [-0.39, 0.29) is 28.5 Å². The van der Waals surface area contributed by atoms with Gasteiger partial charge in [-0.1, -0.05) is 6.07 Å². The fraction of sp³-hybridized carbons (Fsp3) is 0.417. The summed E-state index contributed by atoms with van der Waals surface area (Å²) in [5.74, 6) is 0.338. The SMILES string of the molecule is CCOC1C(=O)CC1Oc1cccc([N+](=O)[O-])c1Br. The highest BCUT2D eigenvalue weighted by atomic mass is 79.9. The zero-order valence-electron chi connectivity index (χ0n) is 10.2. The Morgan fingerprint density at radius 3 is 2.84 bits per heavy atom. The third-order valence-corrected chi connectivity index (χ3v) is 3.62. The number of ketones is 1. The molecule has 7 heteroatoms. The number of nitro groups is 1. The highest BCUT2D eigenvalue weighted by Gasteiger charge is 2.42. The lowest BCUT2D eigenvalue weighted by Crippen LogP contribution is -2.52. The van der Waals surface area contributed by atoms with E-state index < -0.39 is 11.0 Å². The number of benzene rings is 1. The summed E-state index contributed by atoms with van der Waals surface area (Å²) < 4.78 is 11.2. The third-order valence-electron chi connectivity index (χ3n) is 2.82. The zero-order chi connectivity index (χ0) is 14.0. The molecule has 2 unspecified atom stereocenters. The number of rotatable bonds is 5. The molecule has 2 rings (SSSR count). The Morgan fingerprint density at radius 2 is 2.26 bits per heavy atom. The van der Waals surface area contributed by atoms with E-state index >= 15 is 0 Å². The van der Waals surface area contributed by atoms with Gasteiger partial charge < -0.3 is 9.47 Å². The number of hydrogen-bond acceptors (Lipinski definition) is 5. The van der Waals surface area contributed by atoms with E-state index in [0.29, 0.717) is 12.4 Å². The molecule has 0 amide bonds. The molecule has 0 heterocycles. The van der Waals surface area contributed by atoms with Gasteiger partial charge in [0.15, 0.2) is 11.9 Å². The summed E-state index contributed by atoms with van der Waals surface area (Å²) in [5.41, 5.74) is -0.0730. The molecule has 0 saturated heterocycles. The van der Waals surface area contributed by atoms with Crippen molar-refractivity contribution in [1.29, 1.82) is 0 Å². The Bertz CT molecular complexity index is 519. The van der Waals surface area contributed by atoms with Crippen LogP contribution in [0.25, 0.3) is 0 Å². The van der Waals surface area contributed by atoms with Crippen LogP contribution in [0.2, 0.25) is 0 Å². The van der Waals surface area contributed by atoms with Gasteiger partial charge in [-0.25, -0.2) is 0 Å². The van der Waals surface area contributed by atoms with Gasteiger partial charge in [-0.15, -0.1) is 0 Å². The first-order valence-corrected chi connectivity index (χ1v) is 6.57. The van der Waals surface area contributed by atoms with Crippen LogP contribution in [0.3, 0.4) is 0 Å². The minimum atomic E-state index is -0.573. The Kier molecular flexibility index (Phi) is 4.16. The summed E-state index contributed by atoms with van der Waals surface area (Å²) in [6.07, 6.45) is -0.693. The molecule has 1 aromatic rings. The lowest BCUT2D eigenvalue weighted by Gasteiger charge is -2.34. The molecular weight excluding hydrogens is 318 g/mol. The largest absolute Gasteiger partial charge is 0.485 e. The number of hydrogen-bond donors (Lipinski definition) is 0. The van der Waals surface area contributed by atoms with Crippen molar-refractivity contribution in [2.75, 3.05) is 6.61 Å². The Balaban J connectivity index is 2.14. The van der Waals surface area contributed by atoms with Crippen LogP contribution >= 0.6 is 15.9 Å². The van der Waals surface area contributed by atoms with Crippen molar-refractivity contribution in [1.82, 2.24) is 0 Å². The van der Waals surface area contributed by atoms with E-state index in [9.17, 15) is 14.9 Å². The molecule has 102 valence electrons. The summed E-state index contributed by atoms with van der Waals surface area (Å²) in [4.78, 5) is 21.7. The van der Waals surface area contributed by atoms with Crippen LogP contribution in [-0.2, 0) is 9.53 Å². The molecule has 1 aliphatic carbocycles. The summed E-state index contributed by atoms with van der Waals surface area (Å²) >= 11 is 3.15. The summed E-state index contributed by atoms with van der Waals surface area (Å²) in [6, 6.07) is 4.53. The van der Waals surface area contributed by atoms with E-state index in [0.717, 1.165) is 0 Å². The monoisotopic (exact) mass is 329 g/mol. The maximum atomic E-state index is 11.4. The maximum Gasteiger partial charge on any atom is 0.287 e. The number of nitrogens with zero attached hydrogens (tertiary/aromatic N) is 1. The van der Waals surface area contributed by atoms with E-state index in [1.807, 2.05) is 0 Å². The van der Waals surface area contributed by atoms with Gasteiger partial charge in [-0.3, -0.25) is 14.9 Å². The van der Waals surface area contributed by atoms with Crippen molar-refractivity contribution < 1.29 is 19.2 Å². The van der Waals surface area contributed by atoms with Gasteiger partial charge in [0.2, 0.25) is 0 Å². The van der Waals surface area contributed by atoms with Crippen LogP contribution in [0.1, 0.15) is 13.3 Å². The second kappa shape index (κ2) is 5.66. The highest BCUT2D eigenvalue weighted by Crippen LogP contribution is 2.36. The third kappa shape index (κ3) is 2.76. The first-order valence-electron chi connectivity index (χ1n) is 5.78. The number of ether oxygens (including phenoxy) is 2. The molecule has 0 N–H and O–H groups in total. The lowest BCUT2D eigenvalue weighted by atomic mass is 9.90. The quantitative estimate of drug-likeness (QED) is 0.612. The van der Waals surface area contributed by atoms with Crippen molar-refractivity contribution in [3.8, 4) is 5.75 Å². The second-order valence-corrected chi connectivity index (χ2v) is 4.84. The van der Waals surface area contributed by atoms with Crippen molar-refractivity contribution in [3.05, 3.63) is 32.8 Å². The molecule has 1 aliphatic rings. The molecular formula is C12H12BrNO5. The highest BCUT2D eigenvalue weighted by molar-refractivity contribution is 9.10.